The van der Waals surface area contributed by atoms with E-state index in [9.17, 15) is 4.79 Å². The third-order valence-electron chi connectivity index (χ3n) is 2.12. The first-order valence-corrected chi connectivity index (χ1v) is 4.17. The van der Waals surface area contributed by atoms with Gasteiger partial charge in [-0.05, 0) is 13.0 Å². The van der Waals surface area contributed by atoms with Crippen LogP contribution in [0.4, 0.5) is 0 Å². The average molecular weight is 178 g/mol. The summed E-state index contributed by atoms with van der Waals surface area (Å²) in [5.74, 6) is -0.238. The Morgan fingerprint density at radius 2 is 2.38 bits per heavy atom. The molecule has 0 spiro atoms. The number of furan rings is 1. The molecule has 0 amide bonds. The summed E-state index contributed by atoms with van der Waals surface area (Å²) in [4.78, 5) is 11.2. The molecule has 1 atom stereocenters. The zero-order valence-electron chi connectivity index (χ0n) is 7.32. The molecule has 0 fully saturated rings. The molecule has 0 N–H and O–H groups in total. The smallest absolute Gasteiger partial charge is 0.334 e. The Kier molecular flexibility index (Phi) is 1.93. The van der Waals surface area contributed by atoms with E-state index in [0.717, 1.165) is 12.0 Å². The number of hydrogen-bond donors (Lipinski definition) is 0. The van der Waals surface area contributed by atoms with Gasteiger partial charge < -0.3 is 9.15 Å². The van der Waals surface area contributed by atoms with E-state index in [1.165, 1.54) is 0 Å². The Hall–Kier alpha value is -1.51. The van der Waals surface area contributed by atoms with Crippen molar-refractivity contribution in [2.45, 2.75) is 19.4 Å². The third kappa shape index (κ3) is 1.49. The maximum atomic E-state index is 11.2. The summed E-state index contributed by atoms with van der Waals surface area (Å²) in [6, 6.07) is 1.81. The lowest BCUT2D eigenvalue weighted by atomic mass is 10.1. The summed E-state index contributed by atoms with van der Waals surface area (Å²) in [7, 11) is 0. The molecule has 68 valence electrons. The summed E-state index contributed by atoms with van der Waals surface area (Å²) in [6.07, 6.45) is 5.64. The van der Waals surface area contributed by atoms with Crippen LogP contribution in [0.1, 0.15) is 25.0 Å². The van der Waals surface area contributed by atoms with Crippen molar-refractivity contribution in [1.82, 2.24) is 0 Å². The van der Waals surface area contributed by atoms with E-state index >= 15 is 0 Å². The molecule has 3 heteroatoms. The number of ether oxygens (including phenoxy) is 1. The lowest BCUT2D eigenvalue weighted by Gasteiger charge is -2.19. The minimum Gasteiger partial charge on any atom is -0.472 e. The minimum absolute atomic E-state index is 0.171. The molecule has 3 nitrogen and oxygen atoms in total. The van der Waals surface area contributed by atoms with E-state index in [1.54, 1.807) is 19.5 Å². The van der Waals surface area contributed by atoms with Crippen LogP contribution in [0.15, 0.2) is 34.7 Å². The van der Waals surface area contributed by atoms with Crippen molar-refractivity contribution < 1.29 is 13.9 Å². The van der Waals surface area contributed by atoms with Gasteiger partial charge in [0.25, 0.3) is 0 Å². The molecule has 0 aromatic carbocycles. The number of carbonyl (C=O) groups is 1. The number of carbonyl (C=O) groups excluding carboxylic acids is 1. The Morgan fingerprint density at radius 3 is 3.00 bits per heavy atom. The highest BCUT2D eigenvalue weighted by Gasteiger charge is 2.22. The lowest BCUT2D eigenvalue weighted by Crippen LogP contribution is -2.15. The normalized spacial score (nSPS) is 22.4. The second kappa shape index (κ2) is 3.09. The molecular weight excluding hydrogens is 168 g/mol. The highest BCUT2D eigenvalue weighted by molar-refractivity contribution is 5.88. The molecule has 0 radical (unpaired) electrons. The highest BCUT2D eigenvalue weighted by Crippen LogP contribution is 2.27. The maximum absolute atomic E-state index is 11.2. The van der Waals surface area contributed by atoms with Crippen LogP contribution < -0.4 is 0 Å². The van der Waals surface area contributed by atoms with Crippen molar-refractivity contribution in [3.05, 3.63) is 35.8 Å². The molecule has 0 bridgehead atoms. The van der Waals surface area contributed by atoms with Crippen molar-refractivity contribution in [3.63, 3.8) is 0 Å². The zero-order valence-corrected chi connectivity index (χ0v) is 7.32. The molecule has 0 saturated heterocycles. The van der Waals surface area contributed by atoms with Gasteiger partial charge in [0.2, 0.25) is 0 Å². The molecule has 1 aromatic heterocycles. The Bertz CT molecular complexity index is 335. The van der Waals surface area contributed by atoms with E-state index < -0.39 is 0 Å². The molecule has 0 saturated carbocycles. The minimum atomic E-state index is -0.238. The van der Waals surface area contributed by atoms with Crippen LogP contribution in [-0.4, -0.2) is 5.97 Å². The summed E-state index contributed by atoms with van der Waals surface area (Å²) >= 11 is 0. The molecule has 2 rings (SSSR count). The van der Waals surface area contributed by atoms with Crippen LogP contribution >= 0.6 is 0 Å². The fraction of sp³-hybridized carbons (Fsp3) is 0.300. The second-order valence-corrected chi connectivity index (χ2v) is 3.07. The van der Waals surface area contributed by atoms with E-state index in [2.05, 4.69) is 0 Å². The highest BCUT2D eigenvalue weighted by atomic mass is 16.5. The van der Waals surface area contributed by atoms with Gasteiger partial charge in [-0.2, -0.15) is 0 Å². The first-order chi connectivity index (χ1) is 6.27. The number of hydrogen-bond acceptors (Lipinski definition) is 3. The number of esters is 1. The topological polar surface area (TPSA) is 39.4 Å². The van der Waals surface area contributed by atoms with Gasteiger partial charge in [0.15, 0.2) is 0 Å². The summed E-state index contributed by atoms with van der Waals surface area (Å²) < 4.78 is 10.1. The Balaban J connectivity index is 2.18. The molecule has 1 aliphatic heterocycles. The van der Waals surface area contributed by atoms with E-state index in [-0.39, 0.29) is 12.1 Å². The number of cyclic esters (lactones) is 1. The van der Waals surface area contributed by atoms with Gasteiger partial charge in [-0.25, -0.2) is 4.79 Å². The van der Waals surface area contributed by atoms with Crippen molar-refractivity contribution in [2.24, 2.45) is 0 Å². The maximum Gasteiger partial charge on any atom is 0.334 e. The van der Waals surface area contributed by atoms with Gasteiger partial charge in [-0.3, -0.25) is 0 Å². The fourth-order valence-corrected chi connectivity index (χ4v) is 1.30. The standard InChI is InChI=1S/C10H10O3/c1-7-2-3-9(13-10(7)11)8-4-5-12-6-8/h2,4-6,9H,3H2,1H3/t9-/m0/s1. The van der Waals surface area contributed by atoms with Crippen LogP contribution in [0.2, 0.25) is 0 Å². The van der Waals surface area contributed by atoms with E-state index in [0.29, 0.717) is 5.57 Å². The lowest BCUT2D eigenvalue weighted by molar-refractivity contribution is -0.145. The van der Waals surface area contributed by atoms with E-state index in [4.69, 9.17) is 9.15 Å². The van der Waals surface area contributed by atoms with Crippen LogP contribution in [0.25, 0.3) is 0 Å². The monoisotopic (exact) mass is 178 g/mol. The molecule has 1 aliphatic rings. The van der Waals surface area contributed by atoms with Gasteiger partial charge in [0.1, 0.15) is 6.10 Å². The van der Waals surface area contributed by atoms with Crippen LogP contribution in [0.3, 0.4) is 0 Å². The van der Waals surface area contributed by atoms with E-state index in [1.807, 2.05) is 12.1 Å². The fourth-order valence-electron chi connectivity index (χ4n) is 1.30. The Labute approximate surface area is 76.0 Å². The first-order valence-electron chi connectivity index (χ1n) is 4.17. The quantitative estimate of drug-likeness (QED) is 0.619. The van der Waals surface area contributed by atoms with Gasteiger partial charge in [-0.15, -0.1) is 0 Å². The molecule has 2 heterocycles. The summed E-state index contributed by atoms with van der Waals surface area (Å²) in [6.45, 7) is 1.76. The van der Waals surface area contributed by atoms with Gasteiger partial charge in [-0.1, -0.05) is 6.08 Å². The summed E-state index contributed by atoms with van der Waals surface area (Å²) in [5, 5.41) is 0. The van der Waals surface area contributed by atoms with Gasteiger partial charge in [0, 0.05) is 17.6 Å². The molecule has 13 heavy (non-hydrogen) atoms. The van der Waals surface area contributed by atoms with Crippen molar-refractivity contribution >= 4 is 5.97 Å². The largest absolute Gasteiger partial charge is 0.472 e. The van der Waals surface area contributed by atoms with Crippen molar-refractivity contribution in [3.8, 4) is 0 Å². The third-order valence-corrected chi connectivity index (χ3v) is 2.12. The van der Waals surface area contributed by atoms with Crippen molar-refractivity contribution in [2.75, 3.05) is 0 Å². The summed E-state index contributed by atoms with van der Waals surface area (Å²) in [5.41, 5.74) is 1.59. The SMILES string of the molecule is CC1=CC[C@@H](c2ccoc2)OC1=O. The predicted octanol–water partition coefficient (Wildman–Crippen LogP) is 2.21. The van der Waals surface area contributed by atoms with Crippen LogP contribution in [0, 0.1) is 0 Å². The second-order valence-electron chi connectivity index (χ2n) is 3.07. The predicted molar refractivity (Wildman–Crippen MR) is 45.9 cm³/mol. The molecule has 0 unspecified atom stereocenters. The van der Waals surface area contributed by atoms with Gasteiger partial charge in [0.05, 0.1) is 12.5 Å². The molecule has 1 aromatic rings. The van der Waals surface area contributed by atoms with Gasteiger partial charge >= 0.3 is 5.97 Å². The van der Waals surface area contributed by atoms with Crippen molar-refractivity contribution in [1.29, 1.82) is 0 Å². The number of rotatable bonds is 1. The first kappa shape index (κ1) is 8.10. The Morgan fingerprint density at radius 1 is 1.54 bits per heavy atom. The van der Waals surface area contributed by atoms with Crippen LogP contribution in [-0.2, 0) is 9.53 Å². The zero-order chi connectivity index (χ0) is 9.26. The molecular formula is C10H10O3. The van der Waals surface area contributed by atoms with Crippen LogP contribution in [0.5, 0.6) is 0 Å². The average Bonchev–Trinajstić information content (AvgIpc) is 2.62. The molecule has 0 aliphatic carbocycles.